The van der Waals surface area contributed by atoms with Crippen molar-refractivity contribution in [2.24, 2.45) is 5.92 Å². The molecular formula is C40H47N3O6. The highest BCUT2D eigenvalue weighted by Crippen LogP contribution is 2.57. The second kappa shape index (κ2) is 13.9. The second-order valence-corrected chi connectivity index (χ2v) is 14.6. The molecule has 1 fully saturated rings. The average molecular weight is 666 g/mol. The minimum Gasteiger partial charge on any atom is -0.468 e. The van der Waals surface area contributed by atoms with Crippen molar-refractivity contribution in [3.05, 3.63) is 126 Å². The van der Waals surface area contributed by atoms with Gasteiger partial charge in [0.1, 0.15) is 22.2 Å². The number of benzene rings is 3. The van der Waals surface area contributed by atoms with Crippen LogP contribution in [0.4, 0.5) is 9.59 Å². The fourth-order valence-electron chi connectivity index (χ4n) is 6.64. The Balaban J connectivity index is 1.47. The molecule has 4 aromatic rings. The number of imide groups is 1. The molecule has 0 saturated heterocycles. The van der Waals surface area contributed by atoms with Crippen molar-refractivity contribution >= 4 is 18.2 Å². The molecule has 2 atom stereocenters. The van der Waals surface area contributed by atoms with Crippen LogP contribution in [0.3, 0.4) is 0 Å². The fraction of sp³-hybridized carbons (Fsp3) is 0.400. The molecule has 2 amide bonds. The van der Waals surface area contributed by atoms with Crippen LogP contribution in [-0.4, -0.2) is 57.5 Å². The van der Waals surface area contributed by atoms with Crippen LogP contribution in [0.15, 0.2) is 104 Å². The fourth-order valence-corrected chi connectivity index (χ4v) is 6.64. The monoisotopic (exact) mass is 665 g/mol. The summed E-state index contributed by atoms with van der Waals surface area (Å²) in [6, 6.07) is 30.8. The number of aromatic nitrogens is 2. The Hall–Kier alpha value is -4.92. The first-order chi connectivity index (χ1) is 23.2. The van der Waals surface area contributed by atoms with Gasteiger partial charge in [0.2, 0.25) is 0 Å². The molecule has 9 nitrogen and oxygen atoms in total. The Kier molecular flexibility index (Phi) is 10.0. The summed E-state index contributed by atoms with van der Waals surface area (Å²) in [5.41, 5.74) is 0.423. The second-order valence-electron chi connectivity index (χ2n) is 14.6. The van der Waals surface area contributed by atoms with Gasteiger partial charge in [-0.25, -0.2) is 19.5 Å². The summed E-state index contributed by atoms with van der Waals surface area (Å²) in [5.74, 6) is -0.467. The van der Waals surface area contributed by atoms with Crippen LogP contribution in [0.1, 0.15) is 83.2 Å². The standard InChI is InChI=1S/C40H47N3O6/c1-37(2,3)48-35(45)43(36(46)49-38(4,5)6)25-17-24-32-26-39(32,34(44)47-7)33-27-42(28-41-33)40(29-18-11-8-12-19-29,30-20-13-9-14-21-30)31-22-15-10-16-23-31/h8-16,18-23,27-28,32H,17,24-26H2,1-7H3/t32-,39+/m0/s1. The Labute approximate surface area is 289 Å². The Morgan fingerprint density at radius 1 is 0.776 bits per heavy atom. The SMILES string of the molecule is COC(=O)[C@]1(c2cn(C(c3ccccc3)(c3ccccc3)c3ccccc3)cn2)C[C@@H]1CCCN(C(=O)OC(C)(C)C)C(=O)OC(C)(C)C. The normalized spacial score (nSPS) is 17.6. The Bertz CT molecular complexity index is 1620. The van der Waals surface area contributed by atoms with Gasteiger partial charge >= 0.3 is 18.2 Å². The minimum absolute atomic E-state index is 0.0746. The van der Waals surface area contributed by atoms with Crippen molar-refractivity contribution in [1.82, 2.24) is 14.5 Å². The highest BCUT2D eigenvalue weighted by Gasteiger charge is 2.63. The van der Waals surface area contributed by atoms with Gasteiger partial charge in [0.05, 0.1) is 19.1 Å². The maximum Gasteiger partial charge on any atom is 0.419 e. The predicted molar refractivity (Wildman–Crippen MR) is 187 cm³/mol. The molecule has 1 heterocycles. The first-order valence-electron chi connectivity index (χ1n) is 16.8. The van der Waals surface area contributed by atoms with E-state index in [1.165, 1.54) is 7.11 Å². The molecule has 1 aromatic heterocycles. The molecule has 0 radical (unpaired) electrons. The zero-order chi connectivity index (χ0) is 35.5. The number of rotatable bonds is 10. The molecule has 5 rings (SSSR count). The summed E-state index contributed by atoms with van der Waals surface area (Å²) in [7, 11) is 1.39. The van der Waals surface area contributed by atoms with Gasteiger partial charge in [-0.05, 0) is 83.4 Å². The molecule has 0 unspecified atom stereocenters. The zero-order valence-electron chi connectivity index (χ0n) is 29.5. The van der Waals surface area contributed by atoms with Crippen molar-refractivity contribution in [2.75, 3.05) is 13.7 Å². The largest absolute Gasteiger partial charge is 0.468 e. The van der Waals surface area contributed by atoms with Gasteiger partial charge in [0.25, 0.3) is 0 Å². The molecular weight excluding hydrogens is 618 g/mol. The number of imidazole rings is 1. The van der Waals surface area contributed by atoms with Crippen LogP contribution >= 0.6 is 0 Å². The number of amides is 2. The maximum absolute atomic E-state index is 13.6. The molecule has 49 heavy (non-hydrogen) atoms. The van der Waals surface area contributed by atoms with E-state index in [4.69, 9.17) is 19.2 Å². The van der Waals surface area contributed by atoms with Crippen LogP contribution in [-0.2, 0) is 30.0 Å². The van der Waals surface area contributed by atoms with Gasteiger partial charge in [-0.15, -0.1) is 0 Å². The van der Waals surface area contributed by atoms with Gasteiger partial charge in [-0.2, -0.15) is 0 Å². The van der Waals surface area contributed by atoms with Crippen LogP contribution in [0, 0.1) is 5.92 Å². The maximum atomic E-state index is 13.6. The first-order valence-corrected chi connectivity index (χ1v) is 16.8. The molecule has 0 aliphatic heterocycles. The van der Waals surface area contributed by atoms with Crippen molar-refractivity contribution in [3.8, 4) is 0 Å². The van der Waals surface area contributed by atoms with Crippen molar-refractivity contribution in [3.63, 3.8) is 0 Å². The molecule has 258 valence electrons. The molecule has 3 aromatic carbocycles. The summed E-state index contributed by atoms with van der Waals surface area (Å²) in [5, 5.41) is 0. The lowest BCUT2D eigenvalue weighted by Gasteiger charge is -2.37. The van der Waals surface area contributed by atoms with E-state index in [1.807, 2.05) is 60.8 Å². The summed E-state index contributed by atoms with van der Waals surface area (Å²) >= 11 is 0. The first kappa shape index (κ1) is 35.4. The number of nitrogens with zero attached hydrogens (tertiary/aromatic N) is 3. The average Bonchev–Trinajstić information content (AvgIpc) is 3.58. The van der Waals surface area contributed by atoms with Gasteiger partial charge in [-0.3, -0.25) is 4.79 Å². The lowest BCUT2D eigenvalue weighted by atomic mass is 9.76. The van der Waals surface area contributed by atoms with E-state index in [2.05, 4.69) is 41.0 Å². The van der Waals surface area contributed by atoms with Crippen LogP contribution < -0.4 is 0 Å². The number of hydrogen-bond donors (Lipinski definition) is 0. The number of esters is 1. The van der Waals surface area contributed by atoms with Gasteiger partial charge < -0.3 is 18.8 Å². The highest BCUT2D eigenvalue weighted by molar-refractivity contribution is 5.88. The predicted octanol–water partition coefficient (Wildman–Crippen LogP) is 8.11. The number of ether oxygens (including phenoxy) is 3. The summed E-state index contributed by atoms with van der Waals surface area (Å²) in [6.45, 7) is 10.5. The molecule has 1 aliphatic rings. The molecule has 0 spiro atoms. The number of carbonyl (C=O) groups excluding carboxylic acids is 3. The molecule has 0 N–H and O–H groups in total. The van der Waals surface area contributed by atoms with Crippen molar-refractivity contribution in [1.29, 1.82) is 0 Å². The van der Waals surface area contributed by atoms with E-state index >= 15 is 0 Å². The highest BCUT2D eigenvalue weighted by atomic mass is 16.6. The van der Waals surface area contributed by atoms with E-state index in [9.17, 15) is 14.4 Å². The third-order valence-corrected chi connectivity index (χ3v) is 8.82. The lowest BCUT2D eigenvalue weighted by Crippen LogP contribution is -2.44. The molecule has 9 heteroatoms. The van der Waals surface area contributed by atoms with Crippen LogP contribution in [0.2, 0.25) is 0 Å². The van der Waals surface area contributed by atoms with E-state index in [1.54, 1.807) is 47.9 Å². The van der Waals surface area contributed by atoms with Gasteiger partial charge in [0.15, 0.2) is 0 Å². The van der Waals surface area contributed by atoms with E-state index in [0.29, 0.717) is 25.0 Å². The lowest BCUT2D eigenvalue weighted by molar-refractivity contribution is -0.144. The third-order valence-electron chi connectivity index (χ3n) is 8.82. The summed E-state index contributed by atoms with van der Waals surface area (Å²) in [6.07, 6.45) is 3.75. The third kappa shape index (κ3) is 7.41. The zero-order valence-corrected chi connectivity index (χ0v) is 29.5. The molecule has 1 aliphatic carbocycles. The number of hydrogen-bond acceptors (Lipinski definition) is 7. The van der Waals surface area contributed by atoms with Crippen molar-refractivity contribution < 1.29 is 28.6 Å². The van der Waals surface area contributed by atoms with E-state index in [-0.39, 0.29) is 18.4 Å². The van der Waals surface area contributed by atoms with E-state index < -0.39 is 34.3 Å². The van der Waals surface area contributed by atoms with Gasteiger partial charge in [0, 0.05) is 12.7 Å². The van der Waals surface area contributed by atoms with Crippen molar-refractivity contribution in [2.45, 2.75) is 83.0 Å². The Morgan fingerprint density at radius 2 is 1.22 bits per heavy atom. The topological polar surface area (TPSA) is 100.0 Å². The number of carbonyl (C=O) groups is 3. The number of methoxy groups -OCH3 is 1. The van der Waals surface area contributed by atoms with Crippen LogP contribution in [0.5, 0.6) is 0 Å². The summed E-state index contributed by atoms with van der Waals surface area (Å²) < 4.78 is 18.5. The smallest absolute Gasteiger partial charge is 0.419 e. The Morgan fingerprint density at radius 3 is 1.63 bits per heavy atom. The molecule has 0 bridgehead atoms. The quantitative estimate of drug-likeness (QED) is 0.0959. The molecule has 1 saturated carbocycles. The van der Waals surface area contributed by atoms with E-state index in [0.717, 1.165) is 21.6 Å². The van der Waals surface area contributed by atoms with Gasteiger partial charge in [-0.1, -0.05) is 91.0 Å². The summed E-state index contributed by atoms with van der Waals surface area (Å²) in [4.78, 5) is 45.6. The van der Waals surface area contributed by atoms with Crippen LogP contribution in [0.25, 0.3) is 0 Å². The minimum atomic E-state index is -0.960.